The molecule has 0 spiro atoms. The van der Waals surface area contributed by atoms with E-state index in [9.17, 15) is 8.78 Å². The second-order valence-corrected chi connectivity index (χ2v) is 5.07. The quantitative estimate of drug-likeness (QED) is 0.704. The van der Waals surface area contributed by atoms with Gasteiger partial charge in [0.1, 0.15) is 0 Å². The van der Waals surface area contributed by atoms with Gasteiger partial charge < -0.3 is 9.64 Å². The van der Waals surface area contributed by atoms with E-state index in [4.69, 9.17) is 4.74 Å². The molecule has 0 aromatic rings. The van der Waals surface area contributed by atoms with Crippen LogP contribution in [0, 0.1) is 11.8 Å². The molecule has 4 heteroatoms. The Kier molecular flexibility index (Phi) is 3.26. The fourth-order valence-corrected chi connectivity index (χ4v) is 2.51. The van der Waals surface area contributed by atoms with E-state index in [0.717, 1.165) is 32.8 Å². The molecule has 1 aliphatic heterocycles. The number of rotatable bonds is 2. The molecule has 0 amide bonds. The van der Waals surface area contributed by atoms with E-state index in [0.29, 0.717) is 5.92 Å². The van der Waals surface area contributed by atoms with Crippen molar-refractivity contribution in [3.63, 3.8) is 0 Å². The first-order chi connectivity index (χ1) is 7.05. The highest BCUT2D eigenvalue weighted by atomic mass is 19.3. The summed E-state index contributed by atoms with van der Waals surface area (Å²) in [6, 6.07) is 0. The maximum atomic E-state index is 12.7. The van der Waals surface area contributed by atoms with Crippen molar-refractivity contribution in [3.8, 4) is 0 Å². The van der Waals surface area contributed by atoms with Gasteiger partial charge in [-0.3, -0.25) is 0 Å². The number of hydrogen-bond acceptors (Lipinski definition) is 2. The zero-order chi connectivity index (χ0) is 10.9. The minimum Gasteiger partial charge on any atom is -0.380 e. The summed E-state index contributed by atoms with van der Waals surface area (Å²) >= 11 is 0. The molecule has 0 bridgehead atoms. The summed E-state index contributed by atoms with van der Waals surface area (Å²) in [5, 5.41) is 0. The molecule has 0 radical (unpaired) electrons. The molecule has 0 unspecified atom stereocenters. The maximum absolute atomic E-state index is 12.7. The molecule has 1 saturated heterocycles. The van der Waals surface area contributed by atoms with Gasteiger partial charge >= 0.3 is 0 Å². The van der Waals surface area contributed by atoms with Crippen LogP contribution in [-0.4, -0.2) is 43.7 Å². The van der Waals surface area contributed by atoms with Gasteiger partial charge in [-0.2, -0.15) is 0 Å². The highest BCUT2D eigenvalue weighted by Crippen LogP contribution is 2.42. The van der Waals surface area contributed by atoms with Crippen LogP contribution in [0.5, 0.6) is 0 Å². The maximum Gasteiger partial charge on any atom is 0.248 e. The van der Waals surface area contributed by atoms with Crippen LogP contribution in [0.2, 0.25) is 0 Å². The summed E-state index contributed by atoms with van der Waals surface area (Å²) in [4.78, 5) is 2.28. The van der Waals surface area contributed by atoms with Crippen molar-refractivity contribution >= 4 is 0 Å². The molecule has 1 atom stereocenters. The van der Waals surface area contributed by atoms with Crippen LogP contribution in [0.1, 0.15) is 19.8 Å². The first-order valence-corrected chi connectivity index (χ1v) is 5.73. The van der Waals surface area contributed by atoms with Crippen LogP contribution < -0.4 is 0 Å². The zero-order valence-corrected chi connectivity index (χ0v) is 9.22. The average Bonchev–Trinajstić information content (AvgIpc) is 2.26. The minimum absolute atomic E-state index is 0.0821. The average molecular weight is 219 g/mol. The first-order valence-electron chi connectivity index (χ1n) is 5.73. The van der Waals surface area contributed by atoms with Crippen LogP contribution in [0.3, 0.4) is 0 Å². The number of ether oxygens (including phenoxy) is 1. The lowest BCUT2D eigenvalue weighted by Gasteiger charge is -2.38. The predicted octanol–water partition coefficient (Wildman–Crippen LogP) is 2.00. The van der Waals surface area contributed by atoms with Crippen molar-refractivity contribution in [2.45, 2.75) is 25.7 Å². The summed E-state index contributed by atoms with van der Waals surface area (Å²) in [7, 11) is 0. The Morgan fingerprint density at radius 1 is 1.40 bits per heavy atom. The van der Waals surface area contributed by atoms with Gasteiger partial charge in [-0.1, -0.05) is 6.92 Å². The fourth-order valence-electron chi connectivity index (χ4n) is 2.51. The summed E-state index contributed by atoms with van der Waals surface area (Å²) in [6.07, 6.45) is 0.164. The second kappa shape index (κ2) is 4.34. The molecular weight excluding hydrogens is 200 g/mol. The Morgan fingerprint density at radius 2 is 2.13 bits per heavy atom. The van der Waals surface area contributed by atoms with Crippen LogP contribution >= 0.6 is 0 Å². The van der Waals surface area contributed by atoms with E-state index in [1.807, 2.05) is 0 Å². The van der Waals surface area contributed by atoms with E-state index in [2.05, 4.69) is 11.8 Å². The smallest absolute Gasteiger partial charge is 0.248 e. The van der Waals surface area contributed by atoms with E-state index in [1.165, 1.54) is 0 Å². The largest absolute Gasteiger partial charge is 0.380 e. The van der Waals surface area contributed by atoms with Crippen molar-refractivity contribution in [2.24, 2.45) is 11.8 Å². The SMILES string of the molecule is C[C@@H]1COCCN(CC2CC(F)(F)C2)C1. The lowest BCUT2D eigenvalue weighted by atomic mass is 9.81. The minimum atomic E-state index is -2.38. The van der Waals surface area contributed by atoms with Crippen LogP contribution in [0.25, 0.3) is 0 Å². The number of halogens is 2. The summed E-state index contributed by atoms with van der Waals surface area (Å²) in [5.41, 5.74) is 0. The normalized spacial score (nSPS) is 33.4. The Balaban J connectivity index is 1.74. The highest BCUT2D eigenvalue weighted by molar-refractivity contribution is 4.88. The summed E-state index contributed by atoms with van der Waals surface area (Å²) < 4.78 is 30.7. The van der Waals surface area contributed by atoms with Gasteiger partial charge in [-0.25, -0.2) is 8.78 Å². The molecule has 2 aliphatic rings. The van der Waals surface area contributed by atoms with Crippen molar-refractivity contribution in [2.75, 3.05) is 32.8 Å². The summed E-state index contributed by atoms with van der Waals surface area (Å²) in [6.45, 7) is 6.40. The van der Waals surface area contributed by atoms with Crippen molar-refractivity contribution in [3.05, 3.63) is 0 Å². The highest BCUT2D eigenvalue weighted by Gasteiger charge is 2.45. The molecule has 2 rings (SSSR count). The van der Waals surface area contributed by atoms with Gasteiger partial charge in [0.15, 0.2) is 0 Å². The molecule has 1 saturated carbocycles. The van der Waals surface area contributed by atoms with Crippen LogP contribution in [-0.2, 0) is 4.74 Å². The zero-order valence-electron chi connectivity index (χ0n) is 9.22. The molecule has 0 N–H and O–H groups in total. The number of nitrogens with zero attached hydrogens (tertiary/aromatic N) is 1. The first kappa shape index (κ1) is 11.3. The molecule has 2 fully saturated rings. The Bertz CT molecular complexity index is 215. The molecule has 88 valence electrons. The Morgan fingerprint density at radius 3 is 2.80 bits per heavy atom. The Hall–Kier alpha value is -0.220. The van der Waals surface area contributed by atoms with Gasteiger partial charge in [0.2, 0.25) is 5.92 Å². The van der Waals surface area contributed by atoms with Gasteiger partial charge in [-0.05, 0) is 11.8 Å². The third-order valence-corrected chi connectivity index (χ3v) is 3.22. The molecule has 1 heterocycles. The van der Waals surface area contributed by atoms with E-state index in [-0.39, 0.29) is 18.8 Å². The van der Waals surface area contributed by atoms with Gasteiger partial charge in [0.05, 0.1) is 13.2 Å². The third-order valence-electron chi connectivity index (χ3n) is 3.22. The van der Waals surface area contributed by atoms with E-state index in [1.54, 1.807) is 0 Å². The molecule has 0 aromatic heterocycles. The number of hydrogen-bond donors (Lipinski definition) is 0. The van der Waals surface area contributed by atoms with Crippen molar-refractivity contribution < 1.29 is 13.5 Å². The molecule has 2 nitrogen and oxygen atoms in total. The molecule has 1 aliphatic carbocycles. The number of alkyl halides is 2. The lowest BCUT2D eigenvalue weighted by molar-refractivity contribution is -0.116. The standard InChI is InChI=1S/C11H19F2NO/c1-9-6-14(2-3-15-8-9)7-10-4-11(12,13)5-10/h9-10H,2-8H2,1H3/t9-/m0/s1. The van der Waals surface area contributed by atoms with Gasteiger partial charge in [-0.15, -0.1) is 0 Å². The molecular formula is C11H19F2NO. The third kappa shape index (κ3) is 3.11. The predicted molar refractivity (Wildman–Crippen MR) is 54.1 cm³/mol. The second-order valence-electron chi connectivity index (χ2n) is 5.07. The monoisotopic (exact) mass is 219 g/mol. The van der Waals surface area contributed by atoms with Crippen molar-refractivity contribution in [1.82, 2.24) is 4.90 Å². The van der Waals surface area contributed by atoms with Crippen molar-refractivity contribution in [1.29, 1.82) is 0 Å². The van der Waals surface area contributed by atoms with E-state index < -0.39 is 5.92 Å². The summed E-state index contributed by atoms with van der Waals surface area (Å²) in [5.74, 6) is -1.66. The Labute approximate surface area is 89.6 Å². The van der Waals surface area contributed by atoms with Gasteiger partial charge in [0, 0.05) is 32.5 Å². The van der Waals surface area contributed by atoms with Crippen LogP contribution in [0.4, 0.5) is 8.78 Å². The fraction of sp³-hybridized carbons (Fsp3) is 1.00. The molecule has 15 heavy (non-hydrogen) atoms. The van der Waals surface area contributed by atoms with E-state index >= 15 is 0 Å². The topological polar surface area (TPSA) is 12.5 Å². The van der Waals surface area contributed by atoms with Gasteiger partial charge in [0.25, 0.3) is 0 Å². The molecule has 0 aromatic carbocycles. The lowest BCUT2D eigenvalue weighted by Crippen LogP contribution is -2.43. The van der Waals surface area contributed by atoms with Crippen LogP contribution in [0.15, 0.2) is 0 Å².